The summed E-state index contributed by atoms with van der Waals surface area (Å²) in [6, 6.07) is -0.0934. The van der Waals surface area contributed by atoms with Gasteiger partial charge in [-0.3, -0.25) is 9.00 Å². The van der Waals surface area contributed by atoms with E-state index in [-0.39, 0.29) is 24.3 Å². The Morgan fingerprint density at radius 3 is 2.81 bits per heavy atom. The van der Waals surface area contributed by atoms with E-state index in [4.69, 9.17) is 5.11 Å². The van der Waals surface area contributed by atoms with Crippen molar-refractivity contribution in [2.45, 2.75) is 32.6 Å². The molecule has 1 aliphatic heterocycles. The van der Waals surface area contributed by atoms with Crippen LogP contribution in [0.2, 0.25) is 0 Å². The molecule has 3 unspecified atom stereocenters. The molecule has 2 amide bonds. The maximum Gasteiger partial charge on any atom is 0.317 e. The second-order valence-electron chi connectivity index (χ2n) is 5.79. The second-order valence-corrected chi connectivity index (χ2v) is 7.34. The van der Waals surface area contributed by atoms with Crippen LogP contribution in [-0.2, 0) is 15.6 Å². The average molecular weight is 318 g/mol. The molecule has 1 fully saturated rings. The largest absolute Gasteiger partial charge is 0.481 e. The van der Waals surface area contributed by atoms with E-state index in [2.05, 4.69) is 5.32 Å². The molecule has 1 heterocycles. The lowest BCUT2D eigenvalue weighted by Gasteiger charge is -2.35. The van der Waals surface area contributed by atoms with Crippen LogP contribution in [0.4, 0.5) is 4.79 Å². The lowest BCUT2D eigenvalue weighted by molar-refractivity contribution is -0.138. The van der Waals surface area contributed by atoms with Crippen LogP contribution in [0.25, 0.3) is 0 Å². The zero-order valence-electron chi connectivity index (χ0n) is 12.8. The van der Waals surface area contributed by atoms with E-state index in [1.165, 1.54) is 0 Å². The van der Waals surface area contributed by atoms with Crippen molar-refractivity contribution >= 4 is 22.8 Å². The van der Waals surface area contributed by atoms with E-state index in [0.717, 1.165) is 19.4 Å². The predicted molar refractivity (Wildman–Crippen MR) is 82.7 cm³/mol. The van der Waals surface area contributed by atoms with E-state index in [9.17, 15) is 13.8 Å². The summed E-state index contributed by atoms with van der Waals surface area (Å²) in [5, 5.41) is 11.7. The number of carbonyl (C=O) groups excluding carboxylic acids is 1. The Kier molecular flexibility index (Phi) is 7.71. The van der Waals surface area contributed by atoms with Crippen LogP contribution in [0.15, 0.2) is 0 Å². The Morgan fingerprint density at radius 2 is 2.19 bits per heavy atom. The smallest absolute Gasteiger partial charge is 0.317 e. The highest BCUT2D eigenvalue weighted by Crippen LogP contribution is 2.26. The molecule has 0 aliphatic carbocycles. The average Bonchev–Trinajstić information content (AvgIpc) is 2.42. The van der Waals surface area contributed by atoms with Gasteiger partial charge in [0, 0.05) is 48.9 Å². The molecule has 2 N–H and O–H groups in total. The summed E-state index contributed by atoms with van der Waals surface area (Å²) >= 11 is 0. The number of carboxylic acid groups (broad SMARTS) is 1. The summed E-state index contributed by atoms with van der Waals surface area (Å²) in [4.78, 5) is 24.6. The Hall–Kier alpha value is -1.11. The van der Waals surface area contributed by atoms with Crippen molar-refractivity contribution in [2.75, 3.05) is 31.6 Å². The SMILES string of the molecule is CC(CC(=O)O)C1CCCN(C(=O)NCCCS(C)=O)C1. The van der Waals surface area contributed by atoms with Crippen LogP contribution in [0, 0.1) is 11.8 Å². The fourth-order valence-electron chi connectivity index (χ4n) is 2.68. The third-order valence-electron chi connectivity index (χ3n) is 3.93. The molecule has 1 aliphatic rings. The first kappa shape index (κ1) is 17.9. The van der Waals surface area contributed by atoms with Crippen molar-refractivity contribution in [3.05, 3.63) is 0 Å². The summed E-state index contributed by atoms with van der Waals surface area (Å²) in [5.41, 5.74) is 0. The zero-order chi connectivity index (χ0) is 15.8. The molecule has 122 valence electrons. The van der Waals surface area contributed by atoms with Crippen molar-refractivity contribution in [3.63, 3.8) is 0 Å². The van der Waals surface area contributed by atoms with Gasteiger partial charge < -0.3 is 15.3 Å². The molecule has 1 saturated heterocycles. The minimum Gasteiger partial charge on any atom is -0.481 e. The van der Waals surface area contributed by atoms with E-state index in [1.54, 1.807) is 11.2 Å². The van der Waals surface area contributed by atoms with Gasteiger partial charge in [-0.2, -0.15) is 0 Å². The van der Waals surface area contributed by atoms with E-state index in [1.807, 2.05) is 6.92 Å². The summed E-state index contributed by atoms with van der Waals surface area (Å²) in [5.74, 6) is 0.152. The quantitative estimate of drug-likeness (QED) is 0.693. The van der Waals surface area contributed by atoms with Gasteiger partial charge in [0.15, 0.2) is 0 Å². The molecular formula is C14H26N2O4S. The minimum atomic E-state index is -0.823. The number of carbonyl (C=O) groups is 2. The first-order valence-electron chi connectivity index (χ1n) is 7.44. The second kappa shape index (κ2) is 9.02. The van der Waals surface area contributed by atoms with Crippen molar-refractivity contribution in [1.82, 2.24) is 10.2 Å². The molecule has 0 saturated carbocycles. The van der Waals surface area contributed by atoms with Gasteiger partial charge in [-0.1, -0.05) is 6.92 Å². The Bertz CT molecular complexity index is 389. The number of carboxylic acids is 1. The van der Waals surface area contributed by atoms with Crippen molar-refractivity contribution < 1.29 is 18.9 Å². The Morgan fingerprint density at radius 1 is 1.48 bits per heavy atom. The van der Waals surface area contributed by atoms with Gasteiger partial charge in [0.2, 0.25) is 0 Å². The number of rotatable bonds is 7. The lowest BCUT2D eigenvalue weighted by atomic mass is 9.85. The third kappa shape index (κ3) is 6.93. The van der Waals surface area contributed by atoms with Gasteiger partial charge >= 0.3 is 12.0 Å². The van der Waals surface area contributed by atoms with Gasteiger partial charge in [0.1, 0.15) is 0 Å². The lowest BCUT2D eigenvalue weighted by Crippen LogP contribution is -2.47. The molecule has 7 heteroatoms. The highest BCUT2D eigenvalue weighted by Gasteiger charge is 2.28. The number of nitrogens with one attached hydrogen (secondary N) is 1. The number of urea groups is 1. The first-order chi connectivity index (χ1) is 9.90. The van der Waals surface area contributed by atoms with Crippen LogP contribution in [0.1, 0.15) is 32.6 Å². The van der Waals surface area contributed by atoms with Crippen LogP contribution >= 0.6 is 0 Å². The molecule has 0 aromatic heterocycles. The summed E-state index contributed by atoms with van der Waals surface area (Å²) in [6.07, 6.45) is 4.42. The Balaban J connectivity index is 2.35. The fraction of sp³-hybridized carbons (Fsp3) is 0.857. The molecule has 0 bridgehead atoms. The number of piperidine rings is 1. The van der Waals surface area contributed by atoms with E-state index < -0.39 is 16.8 Å². The molecular weight excluding hydrogens is 292 g/mol. The van der Waals surface area contributed by atoms with Crippen molar-refractivity contribution in [2.24, 2.45) is 11.8 Å². The number of hydrogen-bond donors (Lipinski definition) is 2. The molecule has 21 heavy (non-hydrogen) atoms. The molecule has 1 rings (SSSR count). The number of amides is 2. The highest BCUT2D eigenvalue weighted by molar-refractivity contribution is 7.84. The van der Waals surface area contributed by atoms with Gasteiger partial charge in [0.25, 0.3) is 0 Å². The van der Waals surface area contributed by atoms with Gasteiger partial charge in [-0.05, 0) is 31.1 Å². The molecule has 0 aromatic rings. The maximum absolute atomic E-state index is 12.1. The van der Waals surface area contributed by atoms with Crippen molar-refractivity contribution in [3.8, 4) is 0 Å². The Labute approximate surface area is 128 Å². The standard InChI is InChI=1S/C14H26N2O4S/c1-11(9-13(17)18)12-5-3-7-16(10-12)14(19)15-6-4-8-21(2)20/h11-12H,3-10H2,1-2H3,(H,15,19)(H,17,18). The fourth-order valence-corrected chi connectivity index (χ4v) is 3.23. The van der Waals surface area contributed by atoms with Gasteiger partial charge in [-0.25, -0.2) is 4.79 Å². The van der Waals surface area contributed by atoms with Gasteiger partial charge in [-0.15, -0.1) is 0 Å². The van der Waals surface area contributed by atoms with Crippen LogP contribution in [0.5, 0.6) is 0 Å². The molecule has 3 atom stereocenters. The number of hydrogen-bond acceptors (Lipinski definition) is 3. The van der Waals surface area contributed by atoms with Crippen molar-refractivity contribution in [1.29, 1.82) is 0 Å². The topological polar surface area (TPSA) is 86.7 Å². The monoisotopic (exact) mass is 318 g/mol. The molecule has 0 radical (unpaired) electrons. The zero-order valence-corrected chi connectivity index (χ0v) is 13.7. The van der Waals surface area contributed by atoms with Crippen LogP contribution in [-0.4, -0.2) is 57.9 Å². The van der Waals surface area contributed by atoms with Gasteiger partial charge in [0.05, 0.1) is 0 Å². The molecule has 0 spiro atoms. The number of aliphatic carboxylic acids is 1. The first-order valence-corrected chi connectivity index (χ1v) is 9.17. The van der Waals surface area contributed by atoms with E-state index in [0.29, 0.717) is 25.3 Å². The highest BCUT2D eigenvalue weighted by atomic mass is 32.2. The molecule has 0 aromatic carbocycles. The van der Waals surface area contributed by atoms with Crippen LogP contribution < -0.4 is 5.32 Å². The molecule has 6 nitrogen and oxygen atoms in total. The third-order valence-corrected chi connectivity index (χ3v) is 4.79. The predicted octanol–water partition coefficient (Wildman–Crippen LogP) is 1.29. The minimum absolute atomic E-state index is 0.0839. The summed E-state index contributed by atoms with van der Waals surface area (Å²) in [6.45, 7) is 3.82. The number of nitrogens with zero attached hydrogens (tertiary/aromatic N) is 1. The van der Waals surface area contributed by atoms with Crippen LogP contribution in [0.3, 0.4) is 0 Å². The van der Waals surface area contributed by atoms with E-state index >= 15 is 0 Å². The number of likely N-dealkylation sites (tertiary alicyclic amines) is 1. The normalized spacial score (nSPS) is 21.6. The summed E-state index contributed by atoms with van der Waals surface area (Å²) in [7, 11) is -0.823. The summed E-state index contributed by atoms with van der Waals surface area (Å²) < 4.78 is 10.9. The maximum atomic E-state index is 12.1.